The molecule has 0 bridgehead atoms. The molecule has 28 heavy (non-hydrogen) atoms. The molecule has 0 aliphatic heterocycles. The van der Waals surface area contributed by atoms with Crippen molar-refractivity contribution in [3.05, 3.63) is 57.3 Å². The zero-order valence-corrected chi connectivity index (χ0v) is 14.9. The van der Waals surface area contributed by atoms with Crippen molar-refractivity contribution in [1.82, 2.24) is 4.98 Å². The van der Waals surface area contributed by atoms with Crippen LogP contribution in [-0.4, -0.2) is 29.6 Å². The van der Waals surface area contributed by atoms with Gasteiger partial charge in [-0.2, -0.15) is 13.2 Å². The Morgan fingerprint density at radius 1 is 1.29 bits per heavy atom. The summed E-state index contributed by atoms with van der Waals surface area (Å²) >= 11 is 0. The number of pyridine rings is 1. The maximum Gasteiger partial charge on any atom is 0.433 e. The Morgan fingerprint density at radius 3 is 2.43 bits per heavy atom. The van der Waals surface area contributed by atoms with Gasteiger partial charge in [-0.05, 0) is 30.7 Å². The monoisotopic (exact) mass is 399 g/mol. The first-order valence-electron chi connectivity index (χ1n) is 7.98. The van der Waals surface area contributed by atoms with E-state index in [1.165, 1.54) is 14.0 Å². The lowest BCUT2D eigenvalue weighted by Gasteiger charge is -2.13. The Balaban J connectivity index is 2.47. The second kappa shape index (κ2) is 8.55. The predicted molar refractivity (Wildman–Crippen MR) is 92.2 cm³/mol. The number of benzene rings is 1. The van der Waals surface area contributed by atoms with Gasteiger partial charge in [0.25, 0.3) is 0 Å². The summed E-state index contributed by atoms with van der Waals surface area (Å²) in [5, 5.41) is 13.9. The third kappa shape index (κ3) is 4.87. The van der Waals surface area contributed by atoms with Crippen LogP contribution in [0.3, 0.4) is 0 Å². The summed E-state index contributed by atoms with van der Waals surface area (Å²) < 4.78 is 49.1. The number of alkyl halides is 3. The average Bonchev–Trinajstić information content (AvgIpc) is 2.65. The lowest BCUT2D eigenvalue weighted by atomic mass is 10.1. The molecule has 1 heterocycles. The van der Waals surface area contributed by atoms with E-state index in [0.717, 1.165) is 0 Å². The Labute approximate surface area is 157 Å². The molecule has 2 aromatic rings. The third-order valence-corrected chi connectivity index (χ3v) is 3.58. The SMILES string of the molecule is CCOC(=O)c1cc(C(F)(F)F)nc(NCc2ccc(OC)cc2)c1[N+](=O)[O-]. The molecule has 0 aliphatic rings. The van der Waals surface area contributed by atoms with Crippen LogP contribution in [0.5, 0.6) is 5.75 Å². The van der Waals surface area contributed by atoms with Crippen molar-refractivity contribution in [2.45, 2.75) is 19.6 Å². The Morgan fingerprint density at radius 2 is 1.93 bits per heavy atom. The van der Waals surface area contributed by atoms with Gasteiger partial charge in [0.1, 0.15) is 17.0 Å². The zero-order valence-electron chi connectivity index (χ0n) is 14.9. The van der Waals surface area contributed by atoms with Crippen molar-refractivity contribution in [1.29, 1.82) is 0 Å². The number of esters is 1. The zero-order chi connectivity index (χ0) is 20.9. The van der Waals surface area contributed by atoms with E-state index < -0.39 is 39.8 Å². The van der Waals surface area contributed by atoms with E-state index in [2.05, 4.69) is 15.0 Å². The number of nitrogens with one attached hydrogen (secondary N) is 1. The van der Waals surface area contributed by atoms with E-state index in [1.807, 2.05) is 0 Å². The van der Waals surface area contributed by atoms with E-state index in [0.29, 0.717) is 17.4 Å². The van der Waals surface area contributed by atoms with Crippen LogP contribution in [0.4, 0.5) is 24.7 Å². The summed E-state index contributed by atoms with van der Waals surface area (Å²) in [6.45, 7) is 1.20. The molecule has 0 radical (unpaired) electrons. The highest BCUT2D eigenvalue weighted by Crippen LogP contribution is 2.35. The number of nitrogens with zero attached hydrogens (tertiary/aromatic N) is 2. The molecule has 150 valence electrons. The van der Waals surface area contributed by atoms with Crippen LogP contribution in [0, 0.1) is 10.1 Å². The van der Waals surface area contributed by atoms with Crippen LogP contribution < -0.4 is 10.1 Å². The predicted octanol–water partition coefficient (Wildman–Crippen LogP) is 3.81. The highest BCUT2D eigenvalue weighted by molar-refractivity contribution is 5.96. The quantitative estimate of drug-likeness (QED) is 0.429. The summed E-state index contributed by atoms with van der Waals surface area (Å²) in [5.74, 6) is -1.36. The first-order valence-corrected chi connectivity index (χ1v) is 7.98. The minimum atomic E-state index is -4.91. The van der Waals surface area contributed by atoms with Crippen molar-refractivity contribution in [2.75, 3.05) is 19.0 Å². The molecule has 1 N–H and O–H groups in total. The Hall–Kier alpha value is -3.37. The second-order valence-electron chi connectivity index (χ2n) is 5.43. The van der Waals surface area contributed by atoms with Crippen LogP contribution in [0.15, 0.2) is 30.3 Å². The molecule has 0 saturated carbocycles. The second-order valence-corrected chi connectivity index (χ2v) is 5.43. The lowest BCUT2D eigenvalue weighted by Crippen LogP contribution is -2.17. The van der Waals surface area contributed by atoms with Gasteiger partial charge in [0, 0.05) is 6.54 Å². The topological polar surface area (TPSA) is 104 Å². The molecule has 0 fully saturated rings. The molecule has 0 aliphatic carbocycles. The molecule has 2 rings (SSSR count). The fraction of sp³-hybridized carbons (Fsp3) is 0.294. The minimum absolute atomic E-state index is 0.0680. The van der Waals surface area contributed by atoms with Crippen molar-refractivity contribution in [3.63, 3.8) is 0 Å². The number of carbonyl (C=O) groups excluding carboxylic acids is 1. The van der Waals surface area contributed by atoms with E-state index in [1.54, 1.807) is 24.3 Å². The molecule has 8 nitrogen and oxygen atoms in total. The molecule has 0 atom stereocenters. The van der Waals surface area contributed by atoms with Crippen LogP contribution >= 0.6 is 0 Å². The lowest BCUT2D eigenvalue weighted by molar-refractivity contribution is -0.384. The average molecular weight is 399 g/mol. The molecular weight excluding hydrogens is 383 g/mol. The Bertz CT molecular complexity index is 870. The van der Waals surface area contributed by atoms with Crippen molar-refractivity contribution >= 4 is 17.5 Å². The fourth-order valence-electron chi connectivity index (χ4n) is 2.29. The molecule has 0 amide bonds. The van der Waals surface area contributed by atoms with E-state index in [-0.39, 0.29) is 13.2 Å². The molecule has 0 saturated heterocycles. The third-order valence-electron chi connectivity index (χ3n) is 3.58. The van der Waals surface area contributed by atoms with Crippen molar-refractivity contribution in [3.8, 4) is 5.75 Å². The standard InChI is InChI=1S/C17H16F3N3O5/c1-3-28-16(24)12-8-13(17(18,19)20)22-15(14(12)23(25)26)21-9-10-4-6-11(27-2)7-5-10/h4-8H,3,9H2,1-2H3,(H,21,22). The first-order chi connectivity index (χ1) is 13.2. The van der Waals surface area contributed by atoms with E-state index >= 15 is 0 Å². The molecule has 11 heteroatoms. The normalized spacial score (nSPS) is 11.0. The number of nitro groups is 1. The van der Waals surface area contributed by atoms with Gasteiger partial charge in [0.2, 0.25) is 5.82 Å². The number of aromatic nitrogens is 1. The van der Waals surface area contributed by atoms with Gasteiger partial charge in [-0.1, -0.05) is 12.1 Å². The van der Waals surface area contributed by atoms with Crippen molar-refractivity contribution < 1.29 is 32.4 Å². The van der Waals surface area contributed by atoms with E-state index in [4.69, 9.17) is 4.74 Å². The summed E-state index contributed by atoms with van der Waals surface area (Å²) in [5.41, 5.74) is -2.56. The summed E-state index contributed by atoms with van der Waals surface area (Å²) in [6, 6.07) is 6.80. The van der Waals surface area contributed by atoms with Crippen LogP contribution in [-0.2, 0) is 17.5 Å². The van der Waals surface area contributed by atoms with Gasteiger partial charge in [0.05, 0.1) is 18.6 Å². The highest BCUT2D eigenvalue weighted by atomic mass is 19.4. The van der Waals surface area contributed by atoms with Gasteiger partial charge in [-0.25, -0.2) is 9.78 Å². The number of hydrogen-bond acceptors (Lipinski definition) is 7. The highest BCUT2D eigenvalue weighted by Gasteiger charge is 2.38. The molecule has 0 spiro atoms. The van der Waals surface area contributed by atoms with E-state index in [9.17, 15) is 28.1 Å². The number of ether oxygens (including phenoxy) is 2. The number of anilines is 1. The van der Waals surface area contributed by atoms with Gasteiger partial charge in [-0.3, -0.25) is 10.1 Å². The number of halogens is 3. The minimum Gasteiger partial charge on any atom is -0.497 e. The van der Waals surface area contributed by atoms with Crippen LogP contribution in [0.25, 0.3) is 0 Å². The van der Waals surface area contributed by atoms with Crippen LogP contribution in [0.1, 0.15) is 28.5 Å². The number of rotatable bonds is 7. The summed E-state index contributed by atoms with van der Waals surface area (Å²) in [6.07, 6.45) is -4.91. The maximum atomic E-state index is 13.2. The van der Waals surface area contributed by atoms with Crippen molar-refractivity contribution in [2.24, 2.45) is 0 Å². The van der Waals surface area contributed by atoms with Gasteiger partial charge >= 0.3 is 17.8 Å². The van der Waals surface area contributed by atoms with Crippen LogP contribution in [0.2, 0.25) is 0 Å². The largest absolute Gasteiger partial charge is 0.497 e. The fourth-order valence-corrected chi connectivity index (χ4v) is 2.29. The molecule has 0 unspecified atom stereocenters. The first kappa shape index (κ1) is 20.9. The van der Waals surface area contributed by atoms with Gasteiger partial charge in [-0.15, -0.1) is 0 Å². The number of carbonyl (C=O) groups is 1. The number of methoxy groups -OCH3 is 1. The Kier molecular flexibility index (Phi) is 6.39. The van der Waals surface area contributed by atoms with Gasteiger partial charge in [0.15, 0.2) is 0 Å². The molecule has 1 aromatic carbocycles. The summed E-state index contributed by atoms with van der Waals surface area (Å²) in [7, 11) is 1.47. The maximum absolute atomic E-state index is 13.2. The molecule has 1 aromatic heterocycles. The molecular formula is C17H16F3N3O5. The van der Waals surface area contributed by atoms with Gasteiger partial charge < -0.3 is 14.8 Å². The smallest absolute Gasteiger partial charge is 0.433 e. The summed E-state index contributed by atoms with van der Waals surface area (Å²) in [4.78, 5) is 25.7. The number of hydrogen-bond donors (Lipinski definition) is 1.